The first-order valence-corrected chi connectivity index (χ1v) is 7.49. The highest BCUT2D eigenvalue weighted by Gasteiger charge is 2.32. The number of amides is 2. The molecule has 0 aliphatic rings. The Morgan fingerprint density at radius 1 is 1.28 bits per heavy atom. The third-order valence-corrected chi connectivity index (χ3v) is 3.41. The number of esters is 1. The fourth-order valence-electron chi connectivity index (χ4n) is 2.16. The molecule has 2 amide bonds. The first-order chi connectivity index (χ1) is 11.6. The molecule has 0 radical (unpaired) electrons. The lowest BCUT2D eigenvalue weighted by Gasteiger charge is -2.22. The van der Waals surface area contributed by atoms with Gasteiger partial charge in [0.2, 0.25) is 5.91 Å². The lowest BCUT2D eigenvalue weighted by atomic mass is 9.97. The van der Waals surface area contributed by atoms with E-state index in [1.165, 1.54) is 13.0 Å². The number of alkyl halides is 3. The molecular weight excluding hydrogens is 341 g/mol. The van der Waals surface area contributed by atoms with Gasteiger partial charge >= 0.3 is 12.1 Å². The van der Waals surface area contributed by atoms with Crippen molar-refractivity contribution >= 4 is 17.8 Å². The van der Waals surface area contributed by atoms with Crippen molar-refractivity contribution in [2.75, 3.05) is 6.61 Å². The van der Waals surface area contributed by atoms with Gasteiger partial charge in [0, 0.05) is 5.56 Å². The van der Waals surface area contributed by atoms with Crippen LogP contribution in [0.2, 0.25) is 0 Å². The summed E-state index contributed by atoms with van der Waals surface area (Å²) in [5.74, 6) is -3.07. The maximum Gasteiger partial charge on any atom is 0.416 e. The second-order valence-corrected chi connectivity index (χ2v) is 5.42. The average Bonchev–Trinajstić information content (AvgIpc) is 2.51. The van der Waals surface area contributed by atoms with Crippen LogP contribution in [-0.2, 0) is 20.5 Å². The molecule has 0 saturated heterocycles. The molecule has 2 atom stereocenters. The van der Waals surface area contributed by atoms with Crippen molar-refractivity contribution in [2.24, 2.45) is 11.7 Å². The Morgan fingerprint density at radius 3 is 2.44 bits per heavy atom. The molecule has 0 aliphatic heterocycles. The molecule has 0 bridgehead atoms. The second kappa shape index (κ2) is 8.50. The van der Waals surface area contributed by atoms with E-state index in [0.717, 1.165) is 12.1 Å². The van der Waals surface area contributed by atoms with Crippen LogP contribution < -0.4 is 11.1 Å². The quantitative estimate of drug-likeness (QED) is 0.725. The van der Waals surface area contributed by atoms with E-state index in [4.69, 9.17) is 10.5 Å². The smallest absolute Gasteiger partial charge is 0.416 e. The van der Waals surface area contributed by atoms with Gasteiger partial charge in [-0.2, -0.15) is 13.2 Å². The highest BCUT2D eigenvalue weighted by molar-refractivity contribution is 5.97. The van der Waals surface area contributed by atoms with Crippen LogP contribution in [0.15, 0.2) is 24.3 Å². The van der Waals surface area contributed by atoms with E-state index in [2.05, 4.69) is 5.32 Å². The molecular formula is C16H19F3N2O4. The van der Waals surface area contributed by atoms with Crippen molar-refractivity contribution in [1.29, 1.82) is 0 Å². The summed E-state index contributed by atoms with van der Waals surface area (Å²) in [7, 11) is 0. The van der Waals surface area contributed by atoms with Crippen molar-refractivity contribution in [3.8, 4) is 0 Å². The molecule has 3 N–H and O–H groups in total. The Hall–Kier alpha value is -2.58. The summed E-state index contributed by atoms with van der Waals surface area (Å²) >= 11 is 0. The van der Waals surface area contributed by atoms with E-state index in [1.54, 1.807) is 6.92 Å². The van der Waals surface area contributed by atoms with Crippen LogP contribution in [0.5, 0.6) is 0 Å². The van der Waals surface area contributed by atoms with Gasteiger partial charge < -0.3 is 15.8 Å². The number of halogens is 3. The molecule has 1 rings (SSSR count). The lowest BCUT2D eigenvalue weighted by molar-refractivity contribution is -0.144. The molecule has 25 heavy (non-hydrogen) atoms. The molecule has 0 heterocycles. The molecule has 0 unspecified atom stereocenters. The molecule has 9 heteroatoms. The number of nitrogens with one attached hydrogen (secondary N) is 1. The van der Waals surface area contributed by atoms with Crippen LogP contribution in [-0.4, -0.2) is 30.4 Å². The van der Waals surface area contributed by atoms with Gasteiger partial charge in [-0.1, -0.05) is 13.0 Å². The zero-order chi connectivity index (χ0) is 19.2. The molecule has 1 aromatic carbocycles. The monoisotopic (exact) mass is 360 g/mol. The highest BCUT2D eigenvalue weighted by Crippen LogP contribution is 2.29. The number of carbonyl (C=O) groups is 3. The minimum Gasteiger partial charge on any atom is -0.466 e. The Bertz CT molecular complexity index is 647. The van der Waals surface area contributed by atoms with E-state index < -0.39 is 41.5 Å². The standard InChI is InChI=1S/C16H19F3N2O4/c1-3-25-12(22)7-9(2)13(14(20)23)21-15(24)10-5-4-6-11(8-10)16(17,18)19/h4-6,8-9,13H,3,7H2,1-2H3,(H2,20,23)(H,21,24)/t9-,13-/m1/s1. The van der Waals surface area contributed by atoms with E-state index >= 15 is 0 Å². The average molecular weight is 360 g/mol. The van der Waals surface area contributed by atoms with E-state index in [-0.39, 0.29) is 18.6 Å². The summed E-state index contributed by atoms with van der Waals surface area (Å²) in [6.45, 7) is 3.27. The minimum absolute atomic E-state index is 0.156. The summed E-state index contributed by atoms with van der Waals surface area (Å²) in [6.07, 6.45) is -4.78. The van der Waals surface area contributed by atoms with Crippen LogP contribution in [0.4, 0.5) is 13.2 Å². The van der Waals surface area contributed by atoms with Gasteiger partial charge in [-0.15, -0.1) is 0 Å². The van der Waals surface area contributed by atoms with Crippen molar-refractivity contribution in [1.82, 2.24) is 5.32 Å². The van der Waals surface area contributed by atoms with Crippen LogP contribution in [0.1, 0.15) is 36.2 Å². The van der Waals surface area contributed by atoms with Crippen LogP contribution in [0.25, 0.3) is 0 Å². The number of benzene rings is 1. The van der Waals surface area contributed by atoms with Gasteiger partial charge in [-0.3, -0.25) is 14.4 Å². The topological polar surface area (TPSA) is 98.5 Å². The van der Waals surface area contributed by atoms with Crippen molar-refractivity contribution in [2.45, 2.75) is 32.5 Å². The Kier molecular flexibility index (Phi) is 6.96. The highest BCUT2D eigenvalue weighted by atomic mass is 19.4. The summed E-state index contributed by atoms with van der Waals surface area (Å²) in [5.41, 5.74) is 3.96. The number of hydrogen-bond acceptors (Lipinski definition) is 4. The largest absolute Gasteiger partial charge is 0.466 e. The summed E-state index contributed by atoms with van der Waals surface area (Å²) in [5, 5.41) is 2.27. The zero-order valence-corrected chi connectivity index (χ0v) is 13.7. The summed E-state index contributed by atoms with van der Waals surface area (Å²) in [4.78, 5) is 35.2. The SMILES string of the molecule is CCOC(=O)C[C@@H](C)[C@@H](NC(=O)c1cccc(C(F)(F)F)c1)C(N)=O. The van der Waals surface area contributed by atoms with Gasteiger partial charge in [0.05, 0.1) is 18.6 Å². The van der Waals surface area contributed by atoms with Gasteiger partial charge in [0.25, 0.3) is 5.91 Å². The molecule has 0 fully saturated rings. The molecule has 138 valence electrons. The molecule has 6 nitrogen and oxygen atoms in total. The first-order valence-electron chi connectivity index (χ1n) is 7.49. The number of nitrogens with two attached hydrogens (primary N) is 1. The van der Waals surface area contributed by atoms with Crippen molar-refractivity contribution < 1.29 is 32.3 Å². The predicted molar refractivity (Wildman–Crippen MR) is 82.3 cm³/mol. The first kappa shape index (κ1) is 20.5. The minimum atomic E-state index is -4.60. The van der Waals surface area contributed by atoms with E-state index in [0.29, 0.717) is 6.07 Å². The van der Waals surface area contributed by atoms with Gasteiger partial charge in [0.15, 0.2) is 0 Å². The van der Waals surface area contributed by atoms with Crippen molar-refractivity contribution in [3.63, 3.8) is 0 Å². The van der Waals surface area contributed by atoms with E-state index in [1.807, 2.05) is 0 Å². The molecule has 1 aromatic rings. The zero-order valence-electron chi connectivity index (χ0n) is 13.7. The number of primary amides is 1. The third kappa shape index (κ3) is 6.09. The summed E-state index contributed by atoms with van der Waals surface area (Å²) < 4.78 is 42.9. The van der Waals surface area contributed by atoms with Crippen LogP contribution in [0.3, 0.4) is 0 Å². The molecule has 0 saturated carbocycles. The fraction of sp³-hybridized carbons (Fsp3) is 0.438. The molecule has 0 aromatic heterocycles. The summed E-state index contributed by atoms with van der Waals surface area (Å²) in [6, 6.07) is 2.53. The van der Waals surface area contributed by atoms with Crippen molar-refractivity contribution in [3.05, 3.63) is 35.4 Å². The lowest BCUT2D eigenvalue weighted by Crippen LogP contribution is -2.49. The maximum absolute atomic E-state index is 12.7. The Labute approximate surface area is 142 Å². The number of hydrogen-bond donors (Lipinski definition) is 2. The van der Waals surface area contributed by atoms with Gasteiger partial charge in [-0.05, 0) is 31.0 Å². The number of ether oxygens (including phenoxy) is 1. The second-order valence-electron chi connectivity index (χ2n) is 5.42. The Balaban J connectivity index is 2.90. The van der Waals surface area contributed by atoms with Gasteiger partial charge in [0.1, 0.15) is 6.04 Å². The van der Waals surface area contributed by atoms with Crippen LogP contribution >= 0.6 is 0 Å². The van der Waals surface area contributed by atoms with Gasteiger partial charge in [-0.25, -0.2) is 0 Å². The fourth-order valence-corrected chi connectivity index (χ4v) is 2.16. The maximum atomic E-state index is 12.7. The third-order valence-electron chi connectivity index (χ3n) is 3.41. The normalized spacial score (nSPS) is 13.6. The number of carbonyl (C=O) groups excluding carboxylic acids is 3. The molecule has 0 spiro atoms. The predicted octanol–water partition coefficient (Wildman–Crippen LogP) is 1.88. The Morgan fingerprint density at radius 2 is 1.92 bits per heavy atom. The molecule has 0 aliphatic carbocycles. The number of rotatable bonds is 7. The van der Waals surface area contributed by atoms with Crippen LogP contribution in [0, 0.1) is 5.92 Å². The van der Waals surface area contributed by atoms with E-state index in [9.17, 15) is 27.6 Å².